The molecule has 0 unspecified atom stereocenters. The van der Waals surface area contributed by atoms with Crippen LogP contribution in [-0.2, 0) is 4.74 Å². The topological polar surface area (TPSA) is 70.1 Å². The zero-order valence-electron chi connectivity index (χ0n) is 11.3. The van der Waals surface area contributed by atoms with E-state index in [1.807, 2.05) is 0 Å². The van der Waals surface area contributed by atoms with Crippen LogP contribution in [0.25, 0.3) is 5.69 Å². The number of nitrogens with zero attached hydrogens (tertiary/aromatic N) is 2. The van der Waals surface area contributed by atoms with Crippen molar-refractivity contribution in [2.24, 2.45) is 0 Å². The van der Waals surface area contributed by atoms with Crippen LogP contribution in [0.4, 0.5) is 5.82 Å². The molecule has 1 heterocycles. The third-order valence-corrected chi connectivity index (χ3v) is 3.81. The summed E-state index contributed by atoms with van der Waals surface area (Å²) in [4.78, 5) is 15.9. The maximum atomic E-state index is 11.8. The number of hydrogen-bond donors (Lipinski definition) is 1. The summed E-state index contributed by atoms with van der Waals surface area (Å²) in [6, 6.07) is 3.07. The van der Waals surface area contributed by atoms with Gasteiger partial charge in [0, 0.05) is 0 Å². The first-order valence-corrected chi connectivity index (χ1v) is 7.17. The summed E-state index contributed by atoms with van der Waals surface area (Å²) in [5.74, 6) is 0.0233. The predicted octanol–water partition coefficient (Wildman–Crippen LogP) is 3.90. The smallest absolute Gasteiger partial charge is 0.360 e. The Morgan fingerprint density at radius 2 is 1.90 bits per heavy atom. The molecule has 1 aromatic carbocycles. The fraction of sp³-hybridized carbons (Fsp3) is 0.231. The monoisotopic (exact) mass is 347 g/mol. The quantitative estimate of drug-likeness (QED) is 0.674. The van der Waals surface area contributed by atoms with Crippen molar-refractivity contribution >= 4 is 46.6 Å². The Hall–Kier alpha value is -1.43. The zero-order chi connectivity index (χ0) is 15.7. The number of rotatable bonds is 3. The lowest BCUT2D eigenvalue weighted by Crippen LogP contribution is -2.09. The van der Waals surface area contributed by atoms with Gasteiger partial charge in [0.1, 0.15) is 11.6 Å². The van der Waals surface area contributed by atoms with Gasteiger partial charge in [0.25, 0.3) is 0 Å². The first-order valence-electron chi connectivity index (χ1n) is 6.03. The minimum absolute atomic E-state index is 0.0384. The first-order chi connectivity index (χ1) is 9.86. The van der Waals surface area contributed by atoms with Crippen LogP contribution in [0, 0.1) is 6.92 Å². The van der Waals surface area contributed by atoms with E-state index in [0.717, 1.165) is 0 Å². The van der Waals surface area contributed by atoms with Crippen LogP contribution in [0.5, 0.6) is 0 Å². The lowest BCUT2D eigenvalue weighted by atomic mass is 10.3. The Balaban J connectivity index is 2.60. The van der Waals surface area contributed by atoms with Gasteiger partial charge in [0.15, 0.2) is 5.69 Å². The Bertz CT molecular complexity index is 713. The van der Waals surface area contributed by atoms with E-state index in [0.29, 0.717) is 26.6 Å². The molecule has 112 valence electrons. The minimum Gasteiger partial charge on any atom is -0.461 e. The number of aromatic nitrogens is 2. The van der Waals surface area contributed by atoms with Gasteiger partial charge in [-0.05, 0) is 26.0 Å². The first kappa shape index (κ1) is 15.9. The molecule has 0 saturated heterocycles. The van der Waals surface area contributed by atoms with Crippen molar-refractivity contribution in [2.75, 3.05) is 12.3 Å². The molecule has 0 atom stereocenters. The second kappa shape index (κ2) is 6.13. The molecule has 0 fully saturated rings. The maximum Gasteiger partial charge on any atom is 0.360 e. The van der Waals surface area contributed by atoms with Crippen LogP contribution in [0.2, 0.25) is 15.1 Å². The average molecular weight is 349 g/mol. The number of anilines is 1. The molecule has 2 N–H and O–H groups in total. The summed E-state index contributed by atoms with van der Waals surface area (Å²) in [6.07, 6.45) is 0. The number of halogens is 3. The molecule has 0 aliphatic rings. The van der Waals surface area contributed by atoms with Crippen molar-refractivity contribution < 1.29 is 9.53 Å². The molecule has 8 heteroatoms. The fourth-order valence-corrected chi connectivity index (χ4v) is 2.51. The van der Waals surface area contributed by atoms with Gasteiger partial charge < -0.3 is 10.5 Å². The standard InChI is InChI=1S/C13H12Cl3N3O2/c1-3-21-13(20)11-12(17)19(6(2)18-11)10-5-8(15)7(14)4-9(10)16/h4-5H,3,17H2,1-2H3. The summed E-state index contributed by atoms with van der Waals surface area (Å²) < 4.78 is 6.44. The molecule has 2 rings (SSSR count). The van der Waals surface area contributed by atoms with E-state index in [-0.39, 0.29) is 18.1 Å². The van der Waals surface area contributed by atoms with Gasteiger partial charge >= 0.3 is 5.97 Å². The van der Waals surface area contributed by atoms with Gasteiger partial charge in [-0.1, -0.05) is 34.8 Å². The van der Waals surface area contributed by atoms with E-state index in [9.17, 15) is 4.79 Å². The van der Waals surface area contributed by atoms with E-state index < -0.39 is 5.97 Å². The molecule has 0 aliphatic carbocycles. The Labute approximate surface area is 136 Å². The summed E-state index contributed by atoms with van der Waals surface area (Å²) in [5, 5.41) is 0.987. The van der Waals surface area contributed by atoms with Gasteiger partial charge in [-0.25, -0.2) is 9.78 Å². The van der Waals surface area contributed by atoms with Crippen molar-refractivity contribution in [3.8, 4) is 5.69 Å². The molecule has 0 bridgehead atoms. The predicted molar refractivity (Wildman–Crippen MR) is 83.7 cm³/mol. The number of esters is 1. The lowest BCUT2D eigenvalue weighted by molar-refractivity contribution is 0.0521. The highest BCUT2D eigenvalue weighted by Crippen LogP contribution is 2.33. The van der Waals surface area contributed by atoms with E-state index in [2.05, 4.69) is 4.98 Å². The van der Waals surface area contributed by atoms with Crippen molar-refractivity contribution in [3.05, 3.63) is 38.7 Å². The van der Waals surface area contributed by atoms with Gasteiger partial charge in [0.2, 0.25) is 0 Å². The SMILES string of the molecule is CCOC(=O)c1nc(C)n(-c2cc(Cl)c(Cl)cc2Cl)c1N. The maximum absolute atomic E-state index is 11.8. The van der Waals surface area contributed by atoms with Crippen LogP contribution in [0.3, 0.4) is 0 Å². The number of nitrogens with two attached hydrogens (primary N) is 1. The highest BCUT2D eigenvalue weighted by Gasteiger charge is 2.22. The highest BCUT2D eigenvalue weighted by molar-refractivity contribution is 6.43. The van der Waals surface area contributed by atoms with Crippen molar-refractivity contribution in [2.45, 2.75) is 13.8 Å². The number of nitrogen functional groups attached to an aromatic ring is 1. The number of aryl methyl sites for hydroxylation is 1. The van der Waals surface area contributed by atoms with Crippen LogP contribution < -0.4 is 5.73 Å². The molecule has 1 aromatic heterocycles. The molecule has 0 spiro atoms. The summed E-state index contributed by atoms with van der Waals surface area (Å²) >= 11 is 18.1. The van der Waals surface area contributed by atoms with Crippen LogP contribution in [0.15, 0.2) is 12.1 Å². The Kier molecular flexibility index (Phi) is 4.66. The number of ether oxygens (including phenoxy) is 1. The summed E-state index contributed by atoms with van der Waals surface area (Å²) in [6.45, 7) is 3.63. The van der Waals surface area contributed by atoms with Crippen molar-refractivity contribution in [1.82, 2.24) is 9.55 Å². The van der Waals surface area contributed by atoms with E-state index >= 15 is 0 Å². The lowest BCUT2D eigenvalue weighted by Gasteiger charge is -2.11. The summed E-state index contributed by atoms with van der Waals surface area (Å²) in [7, 11) is 0. The molecule has 0 radical (unpaired) electrons. The molecule has 0 saturated carbocycles. The molecule has 2 aromatic rings. The van der Waals surface area contributed by atoms with E-state index in [1.165, 1.54) is 10.6 Å². The van der Waals surface area contributed by atoms with E-state index in [4.69, 9.17) is 45.3 Å². The van der Waals surface area contributed by atoms with Gasteiger partial charge in [-0.2, -0.15) is 0 Å². The number of carbonyl (C=O) groups excluding carboxylic acids is 1. The molecule has 5 nitrogen and oxygen atoms in total. The average Bonchev–Trinajstić information content (AvgIpc) is 2.70. The third kappa shape index (κ3) is 2.95. The third-order valence-electron chi connectivity index (χ3n) is 2.78. The van der Waals surface area contributed by atoms with Gasteiger partial charge in [-0.3, -0.25) is 4.57 Å². The van der Waals surface area contributed by atoms with Crippen LogP contribution in [0.1, 0.15) is 23.2 Å². The number of imidazole rings is 1. The zero-order valence-corrected chi connectivity index (χ0v) is 13.6. The molecule has 0 amide bonds. The van der Waals surface area contributed by atoms with Gasteiger partial charge in [-0.15, -0.1) is 0 Å². The van der Waals surface area contributed by atoms with Gasteiger partial charge in [0.05, 0.1) is 27.4 Å². The summed E-state index contributed by atoms with van der Waals surface area (Å²) in [5.41, 5.74) is 6.52. The largest absolute Gasteiger partial charge is 0.461 e. The molecular formula is C13H12Cl3N3O2. The second-order valence-corrected chi connectivity index (χ2v) is 5.39. The Morgan fingerprint density at radius 3 is 2.52 bits per heavy atom. The van der Waals surface area contributed by atoms with Crippen LogP contribution in [-0.4, -0.2) is 22.1 Å². The number of hydrogen-bond acceptors (Lipinski definition) is 4. The molecular weight excluding hydrogens is 337 g/mol. The molecule has 21 heavy (non-hydrogen) atoms. The normalized spacial score (nSPS) is 10.7. The highest BCUT2D eigenvalue weighted by atomic mass is 35.5. The van der Waals surface area contributed by atoms with Crippen molar-refractivity contribution in [1.29, 1.82) is 0 Å². The fourth-order valence-electron chi connectivity index (χ4n) is 1.89. The van der Waals surface area contributed by atoms with E-state index in [1.54, 1.807) is 19.9 Å². The van der Waals surface area contributed by atoms with Crippen molar-refractivity contribution in [3.63, 3.8) is 0 Å². The number of benzene rings is 1. The minimum atomic E-state index is -0.590. The molecule has 0 aliphatic heterocycles. The number of carbonyl (C=O) groups is 1. The Morgan fingerprint density at radius 1 is 1.29 bits per heavy atom. The second-order valence-electron chi connectivity index (χ2n) is 4.17. The van der Waals surface area contributed by atoms with Crippen LogP contribution >= 0.6 is 34.8 Å².